The number of rotatable bonds is 2. The van der Waals surface area contributed by atoms with E-state index < -0.39 is 0 Å². The maximum atomic E-state index is 13.3. The molecule has 0 aliphatic carbocycles. The molecule has 176 valence electrons. The zero-order valence-electron chi connectivity index (χ0n) is 19.2. The predicted molar refractivity (Wildman–Crippen MR) is 145 cm³/mol. The van der Waals surface area contributed by atoms with E-state index in [1.165, 1.54) is 9.80 Å². The molecule has 5 aromatic rings. The molecule has 2 aliphatic rings. The summed E-state index contributed by atoms with van der Waals surface area (Å²) >= 11 is 7.42. The van der Waals surface area contributed by atoms with Gasteiger partial charge in [-0.3, -0.25) is 29.0 Å². The first-order chi connectivity index (χ1) is 17.3. The Balaban J connectivity index is 1.76. The Hall–Kier alpha value is -3.36. The van der Waals surface area contributed by atoms with Crippen LogP contribution < -0.4 is 0 Å². The van der Waals surface area contributed by atoms with Crippen LogP contribution in [0.1, 0.15) is 55.3 Å². The fraction of sp³-hybridized carbons (Fsp3) is 0.143. The molecule has 0 fully saturated rings. The molecule has 0 N–H and O–H groups in total. The summed E-state index contributed by atoms with van der Waals surface area (Å²) in [6, 6.07) is 10.9. The van der Waals surface area contributed by atoms with Crippen molar-refractivity contribution in [1.29, 1.82) is 0 Å². The second-order valence-electron chi connectivity index (χ2n) is 9.09. The number of amides is 4. The number of carbonyl (C=O) groups is 4. The summed E-state index contributed by atoms with van der Waals surface area (Å²) in [5.74, 6) is -1.24. The normalized spacial score (nSPS) is 15.6. The summed E-state index contributed by atoms with van der Waals surface area (Å²) in [5.41, 5.74) is 1.95. The van der Waals surface area contributed by atoms with E-state index in [9.17, 15) is 19.2 Å². The number of benzene rings is 5. The Bertz CT molecular complexity index is 1790. The van der Waals surface area contributed by atoms with Gasteiger partial charge in [-0.05, 0) is 48.9 Å². The fourth-order valence-corrected chi connectivity index (χ4v) is 7.32. The number of imide groups is 2. The Morgan fingerprint density at radius 3 is 1.25 bits per heavy atom. The smallest absolute Gasteiger partial charge is 0.261 e. The van der Waals surface area contributed by atoms with Crippen LogP contribution in [0.3, 0.4) is 0 Å². The lowest BCUT2D eigenvalue weighted by atomic mass is 9.82. The van der Waals surface area contributed by atoms with Crippen LogP contribution in [-0.4, -0.2) is 46.5 Å². The summed E-state index contributed by atoms with van der Waals surface area (Å²) < 4.78 is 1.43. The van der Waals surface area contributed by atoms with Crippen LogP contribution in [0.25, 0.3) is 43.1 Å². The largest absolute Gasteiger partial charge is 0.275 e. The van der Waals surface area contributed by atoms with E-state index in [1.54, 1.807) is 38.1 Å². The molecule has 0 bridgehead atoms. The highest BCUT2D eigenvalue weighted by atomic mass is 79.9. The zero-order chi connectivity index (χ0) is 25.2. The molecule has 0 unspecified atom stereocenters. The van der Waals surface area contributed by atoms with Crippen LogP contribution in [0.2, 0.25) is 0 Å². The van der Waals surface area contributed by atoms with E-state index in [2.05, 4.69) is 31.9 Å². The van der Waals surface area contributed by atoms with Crippen LogP contribution in [-0.2, 0) is 0 Å². The lowest BCUT2D eigenvalue weighted by Gasteiger charge is -2.30. The van der Waals surface area contributed by atoms with Crippen molar-refractivity contribution in [3.63, 3.8) is 0 Å². The minimum absolute atomic E-state index is 0.287. The van der Waals surface area contributed by atoms with E-state index in [1.807, 2.05) is 12.1 Å². The summed E-state index contributed by atoms with van der Waals surface area (Å²) in [4.78, 5) is 55.6. The molecule has 2 aliphatic heterocycles. The van der Waals surface area contributed by atoms with Crippen LogP contribution in [0.15, 0.2) is 45.3 Å². The molecule has 6 nitrogen and oxygen atoms in total. The first-order valence-corrected chi connectivity index (χ1v) is 13.2. The average Bonchev–Trinajstić information content (AvgIpc) is 2.86. The van der Waals surface area contributed by atoms with Crippen LogP contribution in [0.4, 0.5) is 0 Å². The molecule has 7 rings (SSSR count). The second-order valence-corrected chi connectivity index (χ2v) is 10.8. The molecule has 4 amide bonds. The van der Waals surface area contributed by atoms with E-state index in [0.29, 0.717) is 42.0 Å². The van der Waals surface area contributed by atoms with Gasteiger partial charge in [-0.15, -0.1) is 0 Å². The molecule has 0 saturated carbocycles. The predicted octanol–water partition coefficient (Wildman–Crippen LogP) is 6.49. The van der Waals surface area contributed by atoms with Gasteiger partial charge in [0.15, 0.2) is 0 Å². The van der Waals surface area contributed by atoms with Crippen molar-refractivity contribution in [3.05, 3.63) is 67.6 Å². The van der Waals surface area contributed by atoms with Crippen molar-refractivity contribution < 1.29 is 19.2 Å². The SMILES string of the molecule is CCN1C(=O)c2ccc3c4c(Br)cc5c6c(ccc(c7c(Br)cc(c2c37)C1=O)c64)C(=O)N(CC)C5=O. The Morgan fingerprint density at radius 2 is 0.889 bits per heavy atom. The Morgan fingerprint density at radius 1 is 0.528 bits per heavy atom. The van der Waals surface area contributed by atoms with Crippen molar-refractivity contribution in [2.45, 2.75) is 13.8 Å². The van der Waals surface area contributed by atoms with Gasteiger partial charge in [0.1, 0.15) is 0 Å². The van der Waals surface area contributed by atoms with Gasteiger partial charge in [-0.2, -0.15) is 0 Å². The monoisotopic (exact) mass is 602 g/mol. The molecule has 8 heteroatoms. The summed E-state index contributed by atoms with van der Waals surface area (Å²) in [6.07, 6.45) is 0. The highest BCUT2D eigenvalue weighted by molar-refractivity contribution is 9.11. The van der Waals surface area contributed by atoms with Gasteiger partial charge in [0, 0.05) is 76.6 Å². The molecular weight excluding hydrogens is 588 g/mol. The lowest BCUT2D eigenvalue weighted by Crippen LogP contribution is -2.40. The van der Waals surface area contributed by atoms with Gasteiger partial charge < -0.3 is 0 Å². The summed E-state index contributed by atoms with van der Waals surface area (Å²) in [5, 5.41) is 6.29. The maximum Gasteiger partial charge on any atom is 0.261 e. The number of nitrogens with zero attached hydrogens (tertiary/aromatic N) is 2. The quantitative estimate of drug-likeness (QED) is 0.131. The third-order valence-electron chi connectivity index (χ3n) is 7.54. The summed E-state index contributed by atoms with van der Waals surface area (Å²) in [7, 11) is 0. The van der Waals surface area contributed by atoms with Gasteiger partial charge >= 0.3 is 0 Å². The molecule has 0 radical (unpaired) electrons. The highest BCUT2D eigenvalue weighted by Gasteiger charge is 2.37. The van der Waals surface area contributed by atoms with Gasteiger partial charge in [-0.25, -0.2) is 0 Å². The third-order valence-corrected chi connectivity index (χ3v) is 8.79. The molecule has 0 spiro atoms. The molecule has 2 heterocycles. The highest BCUT2D eigenvalue weighted by Crippen LogP contribution is 2.50. The summed E-state index contributed by atoms with van der Waals surface area (Å²) in [6.45, 7) is 4.15. The molecule has 0 atom stereocenters. The first-order valence-electron chi connectivity index (χ1n) is 11.6. The maximum absolute atomic E-state index is 13.3. The van der Waals surface area contributed by atoms with Crippen LogP contribution in [0.5, 0.6) is 0 Å². The lowest BCUT2D eigenvalue weighted by molar-refractivity contribution is 0.0603. The van der Waals surface area contributed by atoms with Crippen LogP contribution in [0, 0.1) is 0 Å². The van der Waals surface area contributed by atoms with E-state index in [-0.39, 0.29) is 36.7 Å². The van der Waals surface area contributed by atoms with E-state index >= 15 is 0 Å². The Kier molecular flexibility index (Phi) is 4.32. The standard InChI is InChI=1S/C28H16Br2N2O4/c1-3-31-25(33)13-7-5-11-22-18(30)10-16-20-14(26(34)32(4-2)28(16)36)8-6-12(24(20)22)21-17(29)9-15(27(31)35)19(13)23(11)21/h5-10H,3-4H2,1-2H3. The minimum atomic E-state index is -0.314. The van der Waals surface area contributed by atoms with Gasteiger partial charge in [-0.1, -0.05) is 44.0 Å². The van der Waals surface area contributed by atoms with Crippen molar-refractivity contribution >= 4 is 98.6 Å². The number of halogens is 2. The van der Waals surface area contributed by atoms with Crippen molar-refractivity contribution in [2.75, 3.05) is 13.1 Å². The molecule has 0 aromatic heterocycles. The van der Waals surface area contributed by atoms with E-state index in [4.69, 9.17) is 0 Å². The van der Waals surface area contributed by atoms with Crippen molar-refractivity contribution in [2.24, 2.45) is 0 Å². The van der Waals surface area contributed by atoms with Gasteiger partial charge in [0.25, 0.3) is 23.6 Å². The topological polar surface area (TPSA) is 74.8 Å². The average molecular weight is 604 g/mol. The molecule has 5 aromatic carbocycles. The molecule has 0 saturated heterocycles. The van der Waals surface area contributed by atoms with Crippen LogP contribution >= 0.6 is 31.9 Å². The number of hydrogen-bond acceptors (Lipinski definition) is 4. The number of carbonyl (C=O) groups excluding carboxylic acids is 4. The second kappa shape index (κ2) is 7.11. The number of hydrogen-bond donors (Lipinski definition) is 0. The van der Waals surface area contributed by atoms with Gasteiger partial charge in [0.05, 0.1) is 0 Å². The van der Waals surface area contributed by atoms with Crippen molar-refractivity contribution in [1.82, 2.24) is 9.80 Å². The van der Waals surface area contributed by atoms with Gasteiger partial charge in [0.2, 0.25) is 0 Å². The fourth-order valence-electron chi connectivity index (χ4n) is 6.04. The van der Waals surface area contributed by atoms with E-state index in [0.717, 1.165) is 32.3 Å². The minimum Gasteiger partial charge on any atom is -0.275 e. The van der Waals surface area contributed by atoms with Crippen molar-refractivity contribution in [3.8, 4) is 0 Å². The molecular formula is C28H16Br2N2O4. The molecule has 36 heavy (non-hydrogen) atoms. The zero-order valence-corrected chi connectivity index (χ0v) is 22.3. The Labute approximate surface area is 221 Å². The first kappa shape index (κ1) is 21.9. The number of fused-ring (bicyclic) bond motifs is 2. The third kappa shape index (κ3) is 2.37.